The number of aliphatic hydroxyl groups is 1. The minimum Gasteiger partial charge on any atom is -0.372 e. The second-order valence-electron chi connectivity index (χ2n) is 5.82. The summed E-state index contributed by atoms with van der Waals surface area (Å²) in [6.45, 7) is 3.17. The monoisotopic (exact) mass is 262 g/mol. The van der Waals surface area contributed by atoms with Crippen molar-refractivity contribution in [2.75, 3.05) is 6.61 Å². The zero-order valence-electron chi connectivity index (χ0n) is 10.9. The van der Waals surface area contributed by atoms with Gasteiger partial charge in [-0.1, -0.05) is 37.3 Å². The molecule has 4 heteroatoms. The molecule has 4 nitrogen and oxygen atoms in total. The molecule has 4 rings (SSSR count). The predicted molar refractivity (Wildman–Crippen MR) is 66.9 cm³/mol. The van der Waals surface area contributed by atoms with Crippen molar-refractivity contribution in [3.63, 3.8) is 0 Å². The molecule has 2 heterocycles. The van der Waals surface area contributed by atoms with Crippen LogP contribution in [0.3, 0.4) is 0 Å². The van der Waals surface area contributed by atoms with Gasteiger partial charge in [-0.15, -0.1) is 0 Å². The SMILES string of the molecule is CC1C2OCC3C(OCc4ccccc4)C1C3(O)O2. The Hall–Kier alpha value is -0.940. The lowest BCUT2D eigenvalue weighted by atomic mass is 9.63. The summed E-state index contributed by atoms with van der Waals surface area (Å²) in [7, 11) is 0. The summed E-state index contributed by atoms with van der Waals surface area (Å²) in [6.07, 6.45) is -0.232. The topological polar surface area (TPSA) is 47.9 Å². The Morgan fingerprint density at radius 3 is 2.95 bits per heavy atom. The molecule has 1 aliphatic carbocycles. The van der Waals surface area contributed by atoms with Gasteiger partial charge in [0, 0.05) is 11.8 Å². The van der Waals surface area contributed by atoms with Crippen LogP contribution in [0.1, 0.15) is 12.5 Å². The fourth-order valence-electron chi connectivity index (χ4n) is 3.74. The number of benzene rings is 1. The van der Waals surface area contributed by atoms with Gasteiger partial charge < -0.3 is 19.3 Å². The lowest BCUT2D eigenvalue weighted by Crippen LogP contribution is -2.67. The van der Waals surface area contributed by atoms with Gasteiger partial charge in [-0.2, -0.15) is 0 Å². The number of fused-ring (bicyclic) bond motifs is 1. The predicted octanol–water partition coefficient (Wildman–Crippen LogP) is 1.53. The van der Waals surface area contributed by atoms with E-state index in [4.69, 9.17) is 14.2 Å². The highest BCUT2D eigenvalue weighted by atomic mass is 16.8. The highest BCUT2D eigenvalue weighted by Crippen LogP contribution is 2.60. The van der Waals surface area contributed by atoms with Crippen LogP contribution in [0.15, 0.2) is 30.3 Å². The fourth-order valence-corrected chi connectivity index (χ4v) is 3.74. The molecule has 2 bridgehead atoms. The molecule has 0 spiro atoms. The van der Waals surface area contributed by atoms with Crippen LogP contribution in [0, 0.1) is 17.8 Å². The second kappa shape index (κ2) is 4.03. The van der Waals surface area contributed by atoms with Gasteiger partial charge in [0.25, 0.3) is 0 Å². The van der Waals surface area contributed by atoms with Crippen molar-refractivity contribution >= 4 is 0 Å². The summed E-state index contributed by atoms with van der Waals surface area (Å²) in [5.74, 6) is -0.843. The molecule has 1 aromatic rings. The van der Waals surface area contributed by atoms with E-state index in [1.165, 1.54) is 0 Å². The van der Waals surface area contributed by atoms with Crippen LogP contribution in [0.25, 0.3) is 0 Å². The lowest BCUT2D eigenvalue weighted by Gasteiger charge is -2.54. The number of rotatable bonds is 3. The van der Waals surface area contributed by atoms with Crippen LogP contribution in [0.2, 0.25) is 0 Å². The zero-order chi connectivity index (χ0) is 13.0. The Morgan fingerprint density at radius 1 is 1.37 bits per heavy atom. The standard InChI is InChI=1S/C15H18O4/c1-9-12-13(17-7-10-5-3-2-4-6-10)11-8-18-14(9)19-15(11,12)16/h2-6,9,11-14,16H,7-8H2,1H3. The Labute approximate surface area is 112 Å². The van der Waals surface area contributed by atoms with Gasteiger partial charge in [-0.05, 0) is 5.56 Å². The fraction of sp³-hybridized carbons (Fsp3) is 0.600. The number of hydrogen-bond donors (Lipinski definition) is 1. The van der Waals surface area contributed by atoms with Gasteiger partial charge in [-0.25, -0.2) is 0 Å². The maximum Gasteiger partial charge on any atom is 0.181 e. The highest BCUT2D eigenvalue weighted by Gasteiger charge is 2.73. The van der Waals surface area contributed by atoms with Crippen LogP contribution in [-0.4, -0.2) is 29.9 Å². The van der Waals surface area contributed by atoms with Gasteiger partial charge in [0.1, 0.15) is 0 Å². The lowest BCUT2D eigenvalue weighted by molar-refractivity contribution is -0.394. The molecule has 6 atom stereocenters. The third kappa shape index (κ3) is 1.54. The largest absolute Gasteiger partial charge is 0.372 e. The van der Waals surface area contributed by atoms with E-state index >= 15 is 0 Å². The third-order valence-corrected chi connectivity index (χ3v) is 4.79. The van der Waals surface area contributed by atoms with Crippen LogP contribution in [0.5, 0.6) is 0 Å². The second-order valence-corrected chi connectivity index (χ2v) is 5.82. The first-order chi connectivity index (χ1) is 9.20. The normalized spacial score (nSPS) is 46.9. The van der Waals surface area contributed by atoms with Crippen LogP contribution >= 0.6 is 0 Å². The van der Waals surface area contributed by atoms with Gasteiger partial charge in [0.05, 0.1) is 25.2 Å². The molecule has 1 aromatic carbocycles. The van der Waals surface area contributed by atoms with E-state index in [-0.39, 0.29) is 30.1 Å². The summed E-state index contributed by atoms with van der Waals surface area (Å²) in [5.41, 5.74) is 1.15. The van der Waals surface area contributed by atoms with Crippen molar-refractivity contribution in [1.82, 2.24) is 0 Å². The molecular formula is C15H18O4. The van der Waals surface area contributed by atoms with Gasteiger partial charge in [0.15, 0.2) is 12.1 Å². The van der Waals surface area contributed by atoms with Crippen molar-refractivity contribution in [2.45, 2.75) is 31.7 Å². The first kappa shape index (κ1) is 11.9. The van der Waals surface area contributed by atoms with Gasteiger partial charge in [-0.3, -0.25) is 0 Å². The van der Waals surface area contributed by atoms with Crippen molar-refractivity contribution in [3.05, 3.63) is 35.9 Å². The van der Waals surface area contributed by atoms with E-state index in [0.717, 1.165) is 5.56 Å². The van der Waals surface area contributed by atoms with Gasteiger partial charge >= 0.3 is 0 Å². The molecule has 19 heavy (non-hydrogen) atoms. The molecule has 1 saturated carbocycles. The first-order valence-electron chi connectivity index (χ1n) is 6.87. The number of ether oxygens (including phenoxy) is 3. The molecule has 2 saturated heterocycles. The molecule has 0 aromatic heterocycles. The summed E-state index contributed by atoms with van der Waals surface area (Å²) in [4.78, 5) is 0. The maximum absolute atomic E-state index is 10.5. The Balaban J connectivity index is 1.49. The average molecular weight is 262 g/mol. The number of hydrogen-bond acceptors (Lipinski definition) is 4. The third-order valence-electron chi connectivity index (χ3n) is 4.79. The van der Waals surface area contributed by atoms with E-state index in [9.17, 15) is 5.11 Å². The van der Waals surface area contributed by atoms with Crippen LogP contribution in [0.4, 0.5) is 0 Å². The zero-order valence-corrected chi connectivity index (χ0v) is 10.9. The summed E-state index contributed by atoms with van der Waals surface area (Å²) in [5, 5.41) is 10.5. The van der Waals surface area contributed by atoms with E-state index < -0.39 is 5.79 Å². The molecule has 0 amide bonds. The summed E-state index contributed by atoms with van der Waals surface area (Å²) >= 11 is 0. The van der Waals surface area contributed by atoms with Gasteiger partial charge in [0.2, 0.25) is 0 Å². The first-order valence-corrected chi connectivity index (χ1v) is 6.87. The average Bonchev–Trinajstić information content (AvgIpc) is 2.53. The molecule has 1 N–H and O–H groups in total. The minimum absolute atomic E-state index is 0.0349. The van der Waals surface area contributed by atoms with Crippen molar-refractivity contribution in [1.29, 1.82) is 0 Å². The van der Waals surface area contributed by atoms with E-state index in [2.05, 4.69) is 6.92 Å². The molecule has 6 unspecified atom stereocenters. The quantitative estimate of drug-likeness (QED) is 0.897. The minimum atomic E-state index is -1.01. The Morgan fingerprint density at radius 2 is 2.16 bits per heavy atom. The molecule has 2 aliphatic heterocycles. The smallest absolute Gasteiger partial charge is 0.181 e. The van der Waals surface area contributed by atoms with Crippen LogP contribution < -0.4 is 0 Å². The molecular weight excluding hydrogens is 244 g/mol. The Kier molecular flexibility index (Phi) is 2.51. The van der Waals surface area contributed by atoms with E-state index in [1.807, 2.05) is 30.3 Å². The molecule has 102 valence electrons. The summed E-state index contributed by atoms with van der Waals surface area (Å²) < 4.78 is 17.2. The maximum atomic E-state index is 10.5. The summed E-state index contributed by atoms with van der Waals surface area (Å²) in [6, 6.07) is 10.1. The molecule has 0 radical (unpaired) electrons. The highest BCUT2D eigenvalue weighted by molar-refractivity contribution is 5.16. The van der Waals surface area contributed by atoms with E-state index in [1.54, 1.807) is 0 Å². The van der Waals surface area contributed by atoms with E-state index in [0.29, 0.717) is 13.2 Å². The van der Waals surface area contributed by atoms with Crippen LogP contribution in [-0.2, 0) is 20.8 Å². The van der Waals surface area contributed by atoms with Crippen molar-refractivity contribution in [3.8, 4) is 0 Å². The Bertz CT molecular complexity index is 476. The van der Waals surface area contributed by atoms with Crippen molar-refractivity contribution < 1.29 is 19.3 Å². The molecule has 3 aliphatic rings. The van der Waals surface area contributed by atoms with Crippen molar-refractivity contribution in [2.24, 2.45) is 17.8 Å². The molecule has 3 fully saturated rings.